The Hall–Kier alpha value is -2.44. The number of hydrogen-bond acceptors (Lipinski definition) is 5. The zero-order valence-corrected chi connectivity index (χ0v) is 13.4. The molecule has 1 aromatic carbocycles. The number of rotatable bonds is 5. The zero-order valence-electron chi connectivity index (χ0n) is 11.8. The number of carbonyl (C=O) groups excluding carboxylic acids is 2. The summed E-state index contributed by atoms with van der Waals surface area (Å²) in [6, 6.07) is 11.8. The van der Waals surface area contributed by atoms with E-state index < -0.39 is 5.97 Å². The molecule has 0 aliphatic carbocycles. The van der Waals surface area contributed by atoms with Crippen molar-refractivity contribution in [1.29, 1.82) is 0 Å². The molecule has 116 valence electrons. The standard InChI is InChI=1S/C16H11ClN2O3S/c17-15-7-6-14(23-15)13(20)10-22-16(21)11-2-4-12(5-3-11)19-9-1-8-18-19/h1-9H,10H2. The second-order valence-corrected chi connectivity index (χ2v) is 6.32. The topological polar surface area (TPSA) is 61.2 Å². The Balaban J connectivity index is 1.61. The van der Waals surface area contributed by atoms with Crippen LogP contribution in [-0.2, 0) is 4.74 Å². The smallest absolute Gasteiger partial charge is 0.338 e. The SMILES string of the molecule is O=C(OCC(=O)c1ccc(Cl)s1)c1ccc(-n2cccn2)cc1. The molecule has 0 N–H and O–H groups in total. The Kier molecular flexibility index (Phi) is 4.55. The van der Waals surface area contributed by atoms with Gasteiger partial charge in [0.15, 0.2) is 6.61 Å². The molecule has 0 radical (unpaired) electrons. The Bertz CT molecular complexity index is 825. The number of thiophene rings is 1. The molecular formula is C16H11ClN2O3S. The number of halogens is 1. The van der Waals surface area contributed by atoms with Crippen LogP contribution in [0.25, 0.3) is 5.69 Å². The molecule has 0 aliphatic heterocycles. The fourth-order valence-corrected chi connectivity index (χ4v) is 2.89. The van der Waals surface area contributed by atoms with E-state index in [2.05, 4.69) is 5.10 Å². The average Bonchev–Trinajstić information content (AvgIpc) is 3.24. The van der Waals surface area contributed by atoms with E-state index in [1.54, 1.807) is 53.5 Å². The van der Waals surface area contributed by atoms with Gasteiger partial charge in [-0.25, -0.2) is 9.48 Å². The minimum Gasteiger partial charge on any atom is -0.454 e. The van der Waals surface area contributed by atoms with Gasteiger partial charge in [-0.1, -0.05) is 11.6 Å². The molecule has 5 nitrogen and oxygen atoms in total. The normalized spacial score (nSPS) is 10.5. The van der Waals surface area contributed by atoms with Crippen LogP contribution in [0.15, 0.2) is 54.9 Å². The van der Waals surface area contributed by atoms with Crippen LogP contribution in [0.2, 0.25) is 4.34 Å². The van der Waals surface area contributed by atoms with Gasteiger partial charge in [0, 0.05) is 12.4 Å². The average molecular weight is 347 g/mol. The maximum absolute atomic E-state index is 12.0. The summed E-state index contributed by atoms with van der Waals surface area (Å²) in [6.07, 6.45) is 3.47. The molecule has 0 aliphatic rings. The molecule has 2 aromatic heterocycles. The first-order valence-corrected chi connectivity index (χ1v) is 7.89. The molecule has 0 bridgehead atoms. The lowest BCUT2D eigenvalue weighted by Crippen LogP contribution is -2.13. The number of esters is 1. The van der Waals surface area contributed by atoms with Crippen molar-refractivity contribution in [3.8, 4) is 5.69 Å². The zero-order chi connectivity index (χ0) is 16.2. The van der Waals surface area contributed by atoms with Gasteiger partial charge in [0.1, 0.15) is 0 Å². The van der Waals surface area contributed by atoms with Gasteiger partial charge in [0.05, 0.1) is 20.5 Å². The number of aromatic nitrogens is 2. The van der Waals surface area contributed by atoms with Crippen LogP contribution in [0.4, 0.5) is 0 Å². The van der Waals surface area contributed by atoms with Crippen LogP contribution in [0.5, 0.6) is 0 Å². The minimum absolute atomic E-state index is 0.275. The largest absolute Gasteiger partial charge is 0.454 e. The molecule has 0 amide bonds. The summed E-state index contributed by atoms with van der Waals surface area (Å²) in [5.74, 6) is -0.823. The van der Waals surface area contributed by atoms with Gasteiger partial charge < -0.3 is 4.74 Å². The van der Waals surface area contributed by atoms with Crippen LogP contribution >= 0.6 is 22.9 Å². The predicted molar refractivity (Wildman–Crippen MR) is 87.5 cm³/mol. The second-order valence-electron chi connectivity index (χ2n) is 4.60. The van der Waals surface area contributed by atoms with Crippen molar-refractivity contribution in [1.82, 2.24) is 9.78 Å². The van der Waals surface area contributed by atoms with E-state index in [9.17, 15) is 9.59 Å². The van der Waals surface area contributed by atoms with Crippen LogP contribution in [0.1, 0.15) is 20.0 Å². The van der Waals surface area contributed by atoms with Crippen LogP contribution < -0.4 is 0 Å². The maximum Gasteiger partial charge on any atom is 0.338 e. The van der Waals surface area contributed by atoms with Gasteiger partial charge in [-0.05, 0) is 42.5 Å². The fraction of sp³-hybridized carbons (Fsp3) is 0.0625. The first kappa shape index (κ1) is 15.5. The lowest BCUT2D eigenvalue weighted by molar-refractivity contribution is 0.0476. The Labute approximate surface area is 141 Å². The van der Waals surface area contributed by atoms with Gasteiger partial charge in [-0.3, -0.25) is 4.79 Å². The fourth-order valence-electron chi connectivity index (χ4n) is 1.92. The summed E-state index contributed by atoms with van der Waals surface area (Å²) in [4.78, 5) is 24.3. The number of ether oxygens (including phenoxy) is 1. The number of carbonyl (C=O) groups is 2. The molecule has 0 unspecified atom stereocenters. The van der Waals surface area contributed by atoms with Crippen molar-refractivity contribution >= 4 is 34.7 Å². The second kappa shape index (κ2) is 6.76. The number of benzene rings is 1. The summed E-state index contributed by atoms with van der Waals surface area (Å²) in [5, 5.41) is 4.10. The highest BCUT2D eigenvalue weighted by Gasteiger charge is 2.13. The summed E-state index contributed by atoms with van der Waals surface area (Å²) >= 11 is 6.93. The van der Waals surface area contributed by atoms with Crippen molar-refractivity contribution in [2.75, 3.05) is 6.61 Å². The number of ketones is 1. The van der Waals surface area contributed by atoms with Gasteiger partial charge >= 0.3 is 5.97 Å². The molecule has 0 spiro atoms. The van der Waals surface area contributed by atoms with E-state index in [-0.39, 0.29) is 12.4 Å². The first-order valence-electron chi connectivity index (χ1n) is 6.69. The molecule has 0 fully saturated rings. The van der Waals surface area contributed by atoms with E-state index in [0.717, 1.165) is 17.0 Å². The van der Waals surface area contributed by atoms with Crippen molar-refractivity contribution < 1.29 is 14.3 Å². The molecule has 3 aromatic rings. The number of nitrogens with zero attached hydrogens (tertiary/aromatic N) is 2. The molecule has 0 saturated carbocycles. The third kappa shape index (κ3) is 3.67. The third-order valence-electron chi connectivity index (χ3n) is 3.05. The number of hydrogen-bond donors (Lipinski definition) is 0. The van der Waals surface area contributed by atoms with E-state index in [4.69, 9.17) is 16.3 Å². The first-order chi connectivity index (χ1) is 11.1. The molecule has 0 atom stereocenters. The van der Waals surface area contributed by atoms with Crippen LogP contribution in [0.3, 0.4) is 0 Å². The lowest BCUT2D eigenvalue weighted by Gasteiger charge is -2.05. The Morgan fingerprint density at radius 3 is 2.57 bits per heavy atom. The van der Waals surface area contributed by atoms with Crippen molar-refractivity contribution in [2.24, 2.45) is 0 Å². The Morgan fingerprint density at radius 2 is 1.96 bits per heavy atom. The Morgan fingerprint density at radius 1 is 1.17 bits per heavy atom. The highest BCUT2D eigenvalue weighted by Crippen LogP contribution is 2.21. The summed E-state index contributed by atoms with van der Waals surface area (Å²) in [5.41, 5.74) is 1.20. The molecule has 7 heteroatoms. The summed E-state index contributed by atoms with van der Waals surface area (Å²) in [7, 11) is 0. The van der Waals surface area contributed by atoms with Gasteiger partial charge in [0.25, 0.3) is 0 Å². The van der Waals surface area contributed by atoms with E-state index in [1.165, 1.54) is 0 Å². The predicted octanol–water partition coefficient (Wildman–Crippen LogP) is 3.63. The number of Topliss-reactive ketones (excluding diaryl/α,β-unsaturated/α-hetero) is 1. The van der Waals surface area contributed by atoms with Crippen molar-refractivity contribution in [2.45, 2.75) is 0 Å². The minimum atomic E-state index is -0.548. The van der Waals surface area contributed by atoms with E-state index in [0.29, 0.717) is 14.8 Å². The lowest BCUT2D eigenvalue weighted by atomic mass is 10.2. The van der Waals surface area contributed by atoms with Gasteiger partial charge in [-0.2, -0.15) is 5.10 Å². The maximum atomic E-state index is 12.0. The summed E-state index contributed by atoms with van der Waals surface area (Å²) in [6.45, 7) is -0.309. The highest BCUT2D eigenvalue weighted by molar-refractivity contribution is 7.18. The van der Waals surface area contributed by atoms with Gasteiger partial charge in [0.2, 0.25) is 5.78 Å². The molecule has 2 heterocycles. The summed E-state index contributed by atoms with van der Waals surface area (Å²) < 4.78 is 7.24. The van der Waals surface area contributed by atoms with Crippen LogP contribution in [-0.4, -0.2) is 28.1 Å². The monoisotopic (exact) mass is 346 g/mol. The van der Waals surface area contributed by atoms with Crippen LogP contribution in [0, 0.1) is 0 Å². The highest BCUT2D eigenvalue weighted by atomic mass is 35.5. The van der Waals surface area contributed by atoms with E-state index in [1.807, 2.05) is 6.07 Å². The van der Waals surface area contributed by atoms with E-state index >= 15 is 0 Å². The van der Waals surface area contributed by atoms with Crippen molar-refractivity contribution in [3.05, 3.63) is 69.6 Å². The molecular weight excluding hydrogens is 336 g/mol. The van der Waals surface area contributed by atoms with Gasteiger partial charge in [-0.15, -0.1) is 11.3 Å². The quantitative estimate of drug-likeness (QED) is 0.523. The molecule has 23 heavy (non-hydrogen) atoms. The third-order valence-corrected chi connectivity index (χ3v) is 4.33. The molecule has 0 saturated heterocycles. The van der Waals surface area contributed by atoms with Crippen molar-refractivity contribution in [3.63, 3.8) is 0 Å². The molecule has 3 rings (SSSR count).